The Morgan fingerprint density at radius 3 is 2.80 bits per heavy atom. The van der Waals surface area contributed by atoms with Gasteiger partial charge in [0, 0.05) is 11.8 Å². The molecule has 1 aliphatic rings. The molecule has 0 heterocycles. The zero-order valence-corrected chi connectivity index (χ0v) is 5.84. The summed E-state index contributed by atoms with van der Waals surface area (Å²) in [6, 6.07) is -0.0984. The fraction of sp³-hybridized carbons (Fsp3) is 0.714. The highest BCUT2D eigenvalue weighted by Crippen LogP contribution is 2.17. The number of nitrogens with one attached hydrogen (secondary N) is 1. The first kappa shape index (κ1) is 7.41. The van der Waals surface area contributed by atoms with Crippen molar-refractivity contribution in [2.24, 2.45) is 11.7 Å². The topological polar surface area (TPSA) is 66.9 Å². The quantitative estimate of drug-likeness (QED) is 0.515. The number of hydrogen-bond donors (Lipinski definition) is 2. The summed E-state index contributed by atoms with van der Waals surface area (Å²) < 4.78 is 0. The standard InChI is InChI=1S/C7H12N2O/c8-6-2-1-3-7(9)5(6)4-10/h4-6,9H,1-3,8H2/t5?,6-/m1/s1. The smallest absolute Gasteiger partial charge is 0.130 e. The molecule has 10 heavy (non-hydrogen) atoms. The summed E-state index contributed by atoms with van der Waals surface area (Å²) in [6.07, 6.45) is 3.39. The number of hydrogen-bond acceptors (Lipinski definition) is 3. The average Bonchev–Trinajstić information content (AvgIpc) is 1.88. The van der Waals surface area contributed by atoms with E-state index in [-0.39, 0.29) is 12.0 Å². The molecule has 0 radical (unpaired) electrons. The molecular formula is C7H12N2O. The fourth-order valence-electron chi connectivity index (χ4n) is 1.32. The van der Waals surface area contributed by atoms with Gasteiger partial charge in [0.1, 0.15) is 6.29 Å². The molecule has 1 rings (SSSR count). The van der Waals surface area contributed by atoms with Crippen LogP contribution in [0.1, 0.15) is 19.3 Å². The van der Waals surface area contributed by atoms with Crippen molar-refractivity contribution in [3.63, 3.8) is 0 Å². The molecule has 3 heteroatoms. The van der Waals surface area contributed by atoms with E-state index in [1.165, 1.54) is 0 Å². The maximum absolute atomic E-state index is 10.4. The van der Waals surface area contributed by atoms with E-state index in [4.69, 9.17) is 11.1 Å². The second-order valence-corrected chi connectivity index (χ2v) is 2.74. The van der Waals surface area contributed by atoms with Crippen molar-refractivity contribution < 1.29 is 4.79 Å². The van der Waals surface area contributed by atoms with Crippen LogP contribution < -0.4 is 5.73 Å². The first-order valence-electron chi connectivity index (χ1n) is 3.54. The lowest BCUT2D eigenvalue weighted by atomic mass is 9.84. The van der Waals surface area contributed by atoms with Gasteiger partial charge >= 0.3 is 0 Å². The lowest BCUT2D eigenvalue weighted by molar-refractivity contribution is -0.110. The average molecular weight is 140 g/mol. The fourth-order valence-corrected chi connectivity index (χ4v) is 1.32. The van der Waals surface area contributed by atoms with Gasteiger partial charge in [-0.15, -0.1) is 0 Å². The summed E-state index contributed by atoms with van der Waals surface area (Å²) in [6.45, 7) is 0. The van der Waals surface area contributed by atoms with Gasteiger partial charge in [-0.25, -0.2) is 0 Å². The van der Waals surface area contributed by atoms with E-state index in [1.54, 1.807) is 0 Å². The molecule has 2 atom stereocenters. The lowest BCUT2D eigenvalue weighted by Crippen LogP contribution is -2.39. The number of carbonyl (C=O) groups excluding carboxylic acids is 1. The Balaban J connectivity index is 2.62. The predicted molar refractivity (Wildman–Crippen MR) is 39.1 cm³/mol. The monoisotopic (exact) mass is 140 g/mol. The third-order valence-corrected chi connectivity index (χ3v) is 1.99. The van der Waals surface area contributed by atoms with E-state index in [2.05, 4.69) is 0 Å². The Hall–Kier alpha value is -0.700. The normalized spacial score (nSPS) is 33.9. The highest BCUT2D eigenvalue weighted by atomic mass is 16.1. The molecule has 3 N–H and O–H groups in total. The van der Waals surface area contributed by atoms with E-state index in [0.717, 1.165) is 25.5 Å². The summed E-state index contributed by atoms with van der Waals surface area (Å²) in [7, 11) is 0. The Bertz CT molecular complexity index is 156. The Labute approximate surface area is 60.1 Å². The van der Waals surface area contributed by atoms with Crippen molar-refractivity contribution in [3.05, 3.63) is 0 Å². The van der Waals surface area contributed by atoms with Crippen LogP contribution in [-0.4, -0.2) is 18.0 Å². The molecule has 0 aromatic heterocycles. The van der Waals surface area contributed by atoms with Gasteiger partial charge in [-0.3, -0.25) is 0 Å². The van der Waals surface area contributed by atoms with Crippen LogP contribution in [0.15, 0.2) is 0 Å². The molecule has 1 fully saturated rings. The van der Waals surface area contributed by atoms with E-state index in [0.29, 0.717) is 5.71 Å². The van der Waals surface area contributed by atoms with Crippen LogP contribution in [-0.2, 0) is 4.79 Å². The van der Waals surface area contributed by atoms with Crippen LogP contribution in [0.5, 0.6) is 0 Å². The van der Waals surface area contributed by atoms with E-state index in [9.17, 15) is 4.79 Å². The number of nitrogens with two attached hydrogens (primary N) is 1. The van der Waals surface area contributed by atoms with Crippen LogP contribution in [0.3, 0.4) is 0 Å². The molecule has 1 saturated carbocycles. The molecule has 0 spiro atoms. The minimum absolute atomic E-state index is 0.0984. The van der Waals surface area contributed by atoms with Crippen molar-refractivity contribution in [1.29, 1.82) is 5.41 Å². The molecule has 0 saturated heterocycles. The molecule has 1 unspecified atom stereocenters. The van der Waals surface area contributed by atoms with Crippen molar-refractivity contribution in [3.8, 4) is 0 Å². The summed E-state index contributed by atoms with van der Waals surface area (Å²) in [4.78, 5) is 10.4. The number of rotatable bonds is 1. The molecular weight excluding hydrogens is 128 g/mol. The van der Waals surface area contributed by atoms with E-state index >= 15 is 0 Å². The van der Waals surface area contributed by atoms with Gasteiger partial charge in [-0.05, 0) is 19.3 Å². The summed E-state index contributed by atoms with van der Waals surface area (Å²) in [5.74, 6) is -0.297. The minimum atomic E-state index is -0.297. The largest absolute Gasteiger partial charge is 0.327 e. The van der Waals surface area contributed by atoms with Gasteiger partial charge in [0.15, 0.2) is 0 Å². The highest BCUT2D eigenvalue weighted by molar-refractivity contribution is 5.96. The van der Waals surface area contributed by atoms with E-state index in [1.807, 2.05) is 0 Å². The number of aldehydes is 1. The second-order valence-electron chi connectivity index (χ2n) is 2.74. The Morgan fingerprint density at radius 2 is 2.40 bits per heavy atom. The SMILES string of the molecule is N=C1CCC[C@@H](N)C1C=O. The maximum atomic E-state index is 10.4. The third kappa shape index (κ3) is 1.24. The second kappa shape index (κ2) is 2.92. The van der Waals surface area contributed by atoms with Crippen LogP contribution >= 0.6 is 0 Å². The Morgan fingerprint density at radius 1 is 1.70 bits per heavy atom. The molecule has 0 aliphatic heterocycles. The molecule has 0 aromatic carbocycles. The summed E-state index contributed by atoms with van der Waals surface area (Å²) in [5, 5.41) is 7.37. The van der Waals surface area contributed by atoms with Gasteiger partial charge < -0.3 is 15.9 Å². The van der Waals surface area contributed by atoms with Crippen LogP contribution in [0, 0.1) is 11.3 Å². The van der Waals surface area contributed by atoms with Crippen LogP contribution in [0.4, 0.5) is 0 Å². The van der Waals surface area contributed by atoms with Crippen LogP contribution in [0.25, 0.3) is 0 Å². The predicted octanol–water partition coefficient (Wildman–Crippen LogP) is 0.332. The van der Waals surface area contributed by atoms with Crippen LogP contribution in [0.2, 0.25) is 0 Å². The highest BCUT2D eigenvalue weighted by Gasteiger charge is 2.25. The number of carbonyl (C=O) groups is 1. The molecule has 56 valence electrons. The van der Waals surface area contributed by atoms with Gasteiger partial charge in [-0.2, -0.15) is 0 Å². The van der Waals surface area contributed by atoms with Gasteiger partial charge in [-0.1, -0.05) is 0 Å². The van der Waals surface area contributed by atoms with Gasteiger partial charge in [0.25, 0.3) is 0 Å². The molecule has 0 aromatic rings. The summed E-state index contributed by atoms with van der Waals surface area (Å²) in [5.41, 5.74) is 6.12. The first-order chi connectivity index (χ1) is 4.75. The zero-order valence-electron chi connectivity index (χ0n) is 5.84. The van der Waals surface area contributed by atoms with Crippen molar-refractivity contribution in [1.82, 2.24) is 0 Å². The zero-order chi connectivity index (χ0) is 7.56. The molecule has 0 bridgehead atoms. The Kier molecular flexibility index (Phi) is 2.17. The maximum Gasteiger partial charge on any atom is 0.130 e. The summed E-state index contributed by atoms with van der Waals surface area (Å²) >= 11 is 0. The minimum Gasteiger partial charge on any atom is -0.327 e. The van der Waals surface area contributed by atoms with Crippen molar-refractivity contribution in [2.75, 3.05) is 0 Å². The molecule has 3 nitrogen and oxygen atoms in total. The lowest BCUT2D eigenvalue weighted by Gasteiger charge is -2.24. The first-order valence-corrected chi connectivity index (χ1v) is 3.54. The molecule has 1 aliphatic carbocycles. The molecule has 0 amide bonds. The van der Waals surface area contributed by atoms with Crippen molar-refractivity contribution in [2.45, 2.75) is 25.3 Å². The van der Waals surface area contributed by atoms with Gasteiger partial charge in [0.05, 0.1) is 5.92 Å². The van der Waals surface area contributed by atoms with E-state index < -0.39 is 0 Å². The third-order valence-electron chi connectivity index (χ3n) is 1.99. The van der Waals surface area contributed by atoms with Gasteiger partial charge in [0.2, 0.25) is 0 Å². The van der Waals surface area contributed by atoms with Crippen molar-refractivity contribution >= 4 is 12.0 Å².